The highest BCUT2D eigenvalue weighted by Gasteiger charge is 2.36. The molecule has 0 aromatic rings. The largest absolute Gasteiger partial charge is 0.373 e. The first-order valence-electron chi connectivity index (χ1n) is 7.62. The van der Waals surface area contributed by atoms with Crippen LogP contribution in [0.15, 0.2) is 0 Å². The van der Waals surface area contributed by atoms with Gasteiger partial charge in [0.2, 0.25) is 0 Å². The van der Waals surface area contributed by atoms with Crippen molar-refractivity contribution in [2.45, 2.75) is 71.2 Å². The molecule has 5 atom stereocenters. The highest BCUT2D eigenvalue weighted by atomic mass is 16.5. The van der Waals surface area contributed by atoms with Crippen LogP contribution in [0.4, 0.5) is 0 Å². The molecule has 0 spiro atoms. The normalized spacial score (nSPS) is 43.3. The number of nitrogens with two attached hydrogens (primary N) is 1. The summed E-state index contributed by atoms with van der Waals surface area (Å²) in [6, 6.07) is 0.928. The smallest absolute Gasteiger partial charge is 0.0678 e. The van der Waals surface area contributed by atoms with Crippen molar-refractivity contribution in [3.63, 3.8) is 0 Å². The van der Waals surface area contributed by atoms with Gasteiger partial charge in [-0.05, 0) is 44.9 Å². The van der Waals surface area contributed by atoms with Crippen molar-refractivity contribution in [2.75, 3.05) is 13.1 Å². The molecule has 2 aliphatic rings. The molecule has 0 radical (unpaired) electrons. The van der Waals surface area contributed by atoms with E-state index in [1.807, 2.05) is 0 Å². The van der Waals surface area contributed by atoms with Crippen LogP contribution in [-0.2, 0) is 4.74 Å². The van der Waals surface area contributed by atoms with E-state index >= 15 is 0 Å². The van der Waals surface area contributed by atoms with E-state index < -0.39 is 0 Å². The minimum absolute atomic E-state index is 0.348. The van der Waals surface area contributed by atoms with Crippen LogP contribution in [0.3, 0.4) is 0 Å². The van der Waals surface area contributed by atoms with Crippen molar-refractivity contribution in [2.24, 2.45) is 17.6 Å². The van der Waals surface area contributed by atoms with Gasteiger partial charge in [-0.2, -0.15) is 0 Å². The maximum atomic E-state index is 6.38. The molecule has 18 heavy (non-hydrogen) atoms. The Hall–Kier alpha value is -0.120. The molecule has 3 unspecified atom stereocenters. The van der Waals surface area contributed by atoms with E-state index in [2.05, 4.69) is 32.6 Å². The molecule has 2 fully saturated rings. The zero-order valence-corrected chi connectivity index (χ0v) is 12.4. The third-order valence-corrected chi connectivity index (χ3v) is 4.77. The molecule has 2 N–H and O–H groups in total. The van der Waals surface area contributed by atoms with Gasteiger partial charge >= 0.3 is 0 Å². The summed E-state index contributed by atoms with van der Waals surface area (Å²) < 4.78 is 5.83. The van der Waals surface area contributed by atoms with Crippen LogP contribution >= 0.6 is 0 Å². The quantitative estimate of drug-likeness (QED) is 0.821. The number of ether oxygens (including phenoxy) is 1. The van der Waals surface area contributed by atoms with Gasteiger partial charge in [0, 0.05) is 25.2 Å². The summed E-state index contributed by atoms with van der Waals surface area (Å²) in [5.41, 5.74) is 6.38. The van der Waals surface area contributed by atoms with Crippen LogP contribution < -0.4 is 5.73 Å². The van der Waals surface area contributed by atoms with Gasteiger partial charge in [0.1, 0.15) is 0 Å². The average molecular weight is 254 g/mol. The molecule has 1 saturated heterocycles. The van der Waals surface area contributed by atoms with Gasteiger partial charge in [-0.15, -0.1) is 0 Å². The average Bonchev–Trinajstić information content (AvgIpc) is 2.27. The molecule has 3 nitrogen and oxygen atoms in total. The predicted molar refractivity (Wildman–Crippen MR) is 75.5 cm³/mol. The van der Waals surface area contributed by atoms with Crippen LogP contribution in [0.5, 0.6) is 0 Å². The zero-order chi connectivity index (χ0) is 13.3. The summed E-state index contributed by atoms with van der Waals surface area (Å²) in [6.07, 6.45) is 4.47. The number of rotatable bonds is 2. The van der Waals surface area contributed by atoms with Crippen LogP contribution in [-0.4, -0.2) is 42.3 Å². The topological polar surface area (TPSA) is 38.5 Å². The van der Waals surface area contributed by atoms with Crippen molar-refractivity contribution in [3.8, 4) is 0 Å². The number of hydrogen-bond donors (Lipinski definition) is 1. The molecule has 3 heteroatoms. The lowest BCUT2D eigenvalue weighted by atomic mass is 9.76. The molecule has 106 valence electrons. The number of nitrogens with zero attached hydrogens (tertiary/aromatic N) is 1. The minimum atomic E-state index is 0.348. The Bertz CT molecular complexity index is 259. The Balaban J connectivity index is 2.00. The summed E-state index contributed by atoms with van der Waals surface area (Å²) in [4.78, 5) is 2.60. The van der Waals surface area contributed by atoms with E-state index in [0.717, 1.165) is 24.9 Å². The molecule has 1 aliphatic carbocycles. The van der Waals surface area contributed by atoms with Crippen LogP contribution in [0, 0.1) is 11.8 Å². The molecule has 2 rings (SSSR count). The fourth-order valence-electron chi connectivity index (χ4n) is 3.72. The van der Waals surface area contributed by atoms with Gasteiger partial charge in [0.05, 0.1) is 12.2 Å². The van der Waals surface area contributed by atoms with E-state index in [1.54, 1.807) is 0 Å². The lowest BCUT2D eigenvalue weighted by Crippen LogP contribution is -2.57. The molecule has 0 aromatic heterocycles. The second kappa shape index (κ2) is 5.89. The van der Waals surface area contributed by atoms with Crippen molar-refractivity contribution in [1.82, 2.24) is 4.90 Å². The summed E-state index contributed by atoms with van der Waals surface area (Å²) in [7, 11) is 0. The Morgan fingerprint density at radius 2 is 1.72 bits per heavy atom. The fourth-order valence-corrected chi connectivity index (χ4v) is 3.72. The molecular weight excluding hydrogens is 224 g/mol. The van der Waals surface area contributed by atoms with Gasteiger partial charge < -0.3 is 10.5 Å². The van der Waals surface area contributed by atoms with Gasteiger partial charge in [0.15, 0.2) is 0 Å². The minimum Gasteiger partial charge on any atom is -0.373 e. The van der Waals surface area contributed by atoms with Crippen molar-refractivity contribution < 1.29 is 4.74 Å². The van der Waals surface area contributed by atoms with E-state index in [9.17, 15) is 0 Å². The summed E-state index contributed by atoms with van der Waals surface area (Å²) in [5.74, 6) is 1.64. The highest BCUT2D eigenvalue weighted by Crippen LogP contribution is 2.33. The van der Waals surface area contributed by atoms with Crippen molar-refractivity contribution >= 4 is 0 Å². The van der Waals surface area contributed by atoms with Gasteiger partial charge in [-0.25, -0.2) is 0 Å². The second-order valence-electron chi connectivity index (χ2n) is 6.76. The van der Waals surface area contributed by atoms with Crippen molar-refractivity contribution in [3.05, 3.63) is 0 Å². The molecule has 1 heterocycles. The van der Waals surface area contributed by atoms with E-state index in [4.69, 9.17) is 10.5 Å². The fraction of sp³-hybridized carbons (Fsp3) is 1.00. The molecule has 0 amide bonds. The molecule has 1 saturated carbocycles. The molecule has 0 aromatic carbocycles. The van der Waals surface area contributed by atoms with E-state index in [-0.39, 0.29) is 0 Å². The van der Waals surface area contributed by atoms with Crippen LogP contribution in [0.2, 0.25) is 0 Å². The van der Waals surface area contributed by atoms with Crippen LogP contribution in [0.25, 0.3) is 0 Å². The monoisotopic (exact) mass is 254 g/mol. The number of hydrogen-bond acceptors (Lipinski definition) is 3. The Morgan fingerprint density at radius 3 is 2.28 bits per heavy atom. The summed E-state index contributed by atoms with van der Waals surface area (Å²) in [6.45, 7) is 11.2. The lowest BCUT2D eigenvalue weighted by molar-refractivity contribution is -0.0896. The SMILES string of the molecule is CC(C)C1CCC(N)C(N2C[C@@H](C)O[C@@H](C)C2)C1. The van der Waals surface area contributed by atoms with Gasteiger partial charge in [-0.3, -0.25) is 4.90 Å². The van der Waals surface area contributed by atoms with Gasteiger partial charge in [0.25, 0.3) is 0 Å². The molecular formula is C15H30N2O. The predicted octanol–water partition coefficient (Wildman–Crippen LogP) is 2.25. The lowest BCUT2D eigenvalue weighted by Gasteiger charge is -2.46. The van der Waals surface area contributed by atoms with Crippen molar-refractivity contribution in [1.29, 1.82) is 0 Å². The zero-order valence-electron chi connectivity index (χ0n) is 12.4. The highest BCUT2D eigenvalue weighted by molar-refractivity contribution is 4.92. The van der Waals surface area contributed by atoms with Gasteiger partial charge in [-0.1, -0.05) is 13.8 Å². The Kier molecular flexibility index (Phi) is 4.68. The maximum Gasteiger partial charge on any atom is 0.0678 e. The number of morpholine rings is 1. The molecule has 1 aliphatic heterocycles. The van der Waals surface area contributed by atoms with E-state index in [1.165, 1.54) is 19.3 Å². The third-order valence-electron chi connectivity index (χ3n) is 4.77. The maximum absolute atomic E-state index is 6.38. The standard InChI is InChI=1S/C15H30N2O/c1-10(2)13-5-6-14(16)15(7-13)17-8-11(3)18-12(4)9-17/h10-15H,5-9,16H2,1-4H3/t11-,12+,13?,14?,15?. The summed E-state index contributed by atoms with van der Waals surface area (Å²) in [5, 5.41) is 0. The second-order valence-corrected chi connectivity index (χ2v) is 6.76. The van der Waals surface area contributed by atoms with Crippen LogP contribution in [0.1, 0.15) is 47.0 Å². The van der Waals surface area contributed by atoms with E-state index in [0.29, 0.717) is 24.3 Å². The first kappa shape index (κ1) is 14.3. The first-order chi connectivity index (χ1) is 8.47. The molecule has 0 bridgehead atoms. The summed E-state index contributed by atoms with van der Waals surface area (Å²) >= 11 is 0. The Labute approximate surface area is 112 Å². The third kappa shape index (κ3) is 3.25. The first-order valence-corrected chi connectivity index (χ1v) is 7.62. The Morgan fingerprint density at radius 1 is 1.11 bits per heavy atom.